The number of piperidine rings is 1. The van der Waals surface area contributed by atoms with Gasteiger partial charge in [-0.3, -0.25) is 14.3 Å². The van der Waals surface area contributed by atoms with E-state index in [0.29, 0.717) is 23.2 Å². The van der Waals surface area contributed by atoms with E-state index < -0.39 is 0 Å². The quantitative estimate of drug-likeness (QED) is 0.700. The van der Waals surface area contributed by atoms with Crippen molar-refractivity contribution in [1.82, 2.24) is 14.7 Å². The second-order valence-electron chi connectivity index (χ2n) is 9.36. The zero-order valence-corrected chi connectivity index (χ0v) is 16.9. The van der Waals surface area contributed by atoms with Crippen LogP contribution < -0.4 is 0 Å². The van der Waals surface area contributed by atoms with E-state index in [4.69, 9.17) is 0 Å². The molecule has 1 saturated heterocycles. The number of benzene rings is 1. The maximum absolute atomic E-state index is 13.4. The molecule has 3 heterocycles. The molecular weight excluding hydrogens is 350 g/mol. The van der Waals surface area contributed by atoms with Gasteiger partial charge in [0.25, 0.3) is 0 Å². The van der Waals surface area contributed by atoms with Gasteiger partial charge in [0.1, 0.15) is 12.2 Å². The minimum atomic E-state index is -0.0386. The van der Waals surface area contributed by atoms with E-state index in [1.165, 1.54) is 24.8 Å². The molecule has 3 aliphatic rings. The molecular formula is C23H29N3O2. The van der Waals surface area contributed by atoms with E-state index in [-0.39, 0.29) is 18.2 Å². The van der Waals surface area contributed by atoms with Crippen molar-refractivity contribution in [3.05, 3.63) is 29.5 Å². The summed E-state index contributed by atoms with van der Waals surface area (Å²) in [5, 5.41) is 5.50. The summed E-state index contributed by atoms with van der Waals surface area (Å²) in [5.74, 6) is 0.132. The van der Waals surface area contributed by atoms with Crippen LogP contribution >= 0.6 is 0 Å². The molecule has 2 aliphatic heterocycles. The van der Waals surface area contributed by atoms with E-state index in [2.05, 4.69) is 23.0 Å². The van der Waals surface area contributed by atoms with Gasteiger partial charge in [-0.05, 0) is 43.1 Å². The van der Waals surface area contributed by atoms with E-state index in [1.807, 2.05) is 16.8 Å². The molecule has 148 valence electrons. The average molecular weight is 380 g/mol. The molecule has 3 unspecified atom stereocenters. The van der Waals surface area contributed by atoms with Gasteiger partial charge in [-0.2, -0.15) is 5.10 Å². The van der Waals surface area contributed by atoms with Crippen LogP contribution in [-0.2, 0) is 17.8 Å². The first kappa shape index (κ1) is 17.9. The number of aryl methyl sites for hydroxylation is 1. The van der Waals surface area contributed by atoms with E-state index in [1.54, 1.807) is 6.92 Å². The number of Topliss-reactive ketones (excluding diaryl/α,β-unsaturated/α-hetero) is 1. The number of nitrogens with zero attached hydrogens (tertiary/aromatic N) is 3. The summed E-state index contributed by atoms with van der Waals surface area (Å²) in [6.07, 6.45) is 9.18. The van der Waals surface area contributed by atoms with Crippen LogP contribution in [0.15, 0.2) is 18.2 Å². The number of hydrogen-bond donors (Lipinski definition) is 0. The number of amides is 1. The molecule has 28 heavy (non-hydrogen) atoms. The third-order valence-corrected chi connectivity index (χ3v) is 7.23. The Kier molecular flexibility index (Phi) is 4.11. The third-order valence-electron chi connectivity index (χ3n) is 7.23. The molecule has 3 atom stereocenters. The number of carbonyl (C=O) groups excluding carboxylic acids is 2. The number of para-hydroxylation sites is 1. The van der Waals surface area contributed by atoms with Crippen molar-refractivity contribution >= 4 is 22.6 Å². The Morgan fingerprint density at radius 2 is 2.00 bits per heavy atom. The lowest BCUT2D eigenvalue weighted by Gasteiger charge is -2.28. The van der Waals surface area contributed by atoms with Crippen molar-refractivity contribution in [2.75, 3.05) is 0 Å². The van der Waals surface area contributed by atoms with Crippen molar-refractivity contribution in [3.63, 3.8) is 0 Å². The number of ketones is 1. The van der Waals surface area contributed by atoms with Gasteiger partial charge in [-0.15, -0.1) is 0 Å². The van der Waals surface area contributed by atoms with E-state index in [9.17, 15) is 9.59 Å². The topological polar surface area (TPSA) is 55.2 Å². The number of aromatic nitrogens is 2. The molecule has 1 aromatic carbocycles. The Bertz CT molecular complexity index is 962. The number of rotatable bonds is 1. The minimum absolute atomic E-state index is 0.0386. The first-order valence-corrected chi connectivity index (χ1v) is 10.8. The summed E-state index contributed by atoms with van der Waals surface area (Å²) in [6.45, 7) is 4.13. The smallest absolute Gasteiger partial charge is 0.244 e. The fraction of sp³-hybridized carbons (Fsp3) is 0.609. The average Bonchev–Trinajstić information content (AvgIpc) is 3.03. The zero-order valence-electron chi connectivity index (χ0n) is 16.9. The highest BCUT2D eigenvalue weighted by atomic mass is 16.2. The fourth-order valence-electron chi connectivity index (χ4n) is 5.69. The Morgan fingerprint density at radius 3 is 2.82 bits per heavy atom. The highest BCUT2D eigenvalue weighted by molar-refractivity contribution is 6.05. The summed E-state index contributed by atoms with van der Waals surface area (Å²) in [6, 6.07) is 6.90. The summed E-state index contributed by atoms with van der Waals surface area (Å²) in [4.78, 5) is 27.7. The van der Waals surface area contributed by atoms with Crippen LogP contribution in [0.2, 0.25) is 0 Å². The second-order valence-corrected chi connectivity index (χ2v) is 9.36. The lowest BCUT2D eigenvalue weighted by atomic mass is 9.97. The van der Waals surface area contributed by atoms with Crippen molar-refractivity contribution in [3.8, 4) is 0 Å². The van der Waals surface area contributed by atoms with E-state index >= 15 is 0 Å². The van der Waals surface area contributed by atoms with Crippen molar-refractivity contribution in [2.45, 2.75) is 83.8 Å². The normalized spacial score (nSPS) is 30.2. The number of fused-ring (bicyclic) bond motifs is 3. The molecule has 1 aromatic heterocycles. The largest absolute Gasteiger partial charge is 0.335 e. The third kappa shape index (κ3) is 2.78. The summed E-state index contributed by atoms with van der Waals surface area (Å²) in [5.41, 5.74) is 3.01. The van der Waals surface area contributed by atoms with Crippen LogP contribution in [0.5, 0.6) is 0 Å². The number of hydrogen-bond acceptors (Lipinski definition) is 3. The molecule has 2 fully saturated rings. The van der Waals surface area contributed by atoms with E-state index in [0.717, 1.165) is 43.0 Å². The molecule has 2 aromatic rings. The van der Waals surface area contributed by atoms with Crippen LogP contribution in [0.1, 0.15) is 74.8 Å². The minimum Gasteiger partial charge on any atom is -0.335 e. The first-order chi connectivity index (χ1) is 13.5. The van der Waals surface area contributed by atoms with Gasteiger partial charge < -0.3 is 4.90 Å². The maximum Gasteiger partial charge on any atom is 0.244 e. The predicted octanol–water partition coefficient (Wildman–Crippen LogP) is 4.13. The molecule has 1 saturated carbocycles. The monoisotopic (exact) mass is 379 g/mol. The van der Waals surface area contributed by atoms with Crippen LogP contribution in [-0.4, -0.2) is 38.5 Å². The molecule has 0 radical (unpaired) electrons. The van der Waals surface area contributed by atoms with Crippen LogP contribution in [0.4, 0.5) is 0 Å². The van der Waals surface area contributed by atoms with Crippen LogP contribution in [0.25, 0.3) is 10.9 Å². The SMILES string of the molecule is CC(=O)c1nn2c3c(cccc13)CCCCCCC1CC3(C)CC3N1C(=O)C2. The molecule has 5 heteroatoms. The number of carbonyl (C=O) groups is 2. The summed E-state index contributed by atoms with van der Waals surface area (Å²) in [7, 11) is 0. The first-order valence-electron chi connectivity index (χ1n) is 10.8. The molecule has 1 amide bonds. The zero-order chi connectivity index (χ0) is 19.5. The fourth-order valence-corrected chi connectivity index (χ4v) is 5.69. The lowest BCUT2D eigenvalue weighted by molar-refractivity contribution is -0.134. The Hall–Kier alpha value is -2.17. The Balaban J connectivity index is 1.58. The Labute approximate surface area is 166 Å². The van der Waals surface area contributed by atoms with Gasteiger partial charge >= 0.3 is 0 Å². The van der Waals surface area contributed by atoms with Crippen molar-refractivity contribution < 1.29 is 9.59 Å². The van der Waals surface area contributed by atoms with Gasteiger partial charge in [0.2, 0.25) is 5.91 Å². The van der Waals surface area contributed by atoms with Crippen molar-refractivity contribution in [1.29, 1.82) is 0 Å². The molecule has 5 rings (SSSR count). The van der Waals surface area contributed by atoms with Gasteiger partial charge in [0.15, 0.2) is 5.78 Å². The maximum atomic E-state index is 13.4. The second kappa shape index (κ2) is 6.43. The van der Waals surface area contributed by atoms with Gasteiger partial charge in [-0.25, -0.2) is 0 Å². The molecule has 0 bridgehead atoms. The van der Waals surface area contributed by atoms with Gasteiger partial charge in [-0.1, -0.05) is 44.4 Å². The Morgan fingerprint density at radius 1 is 1.18 bits per heavy atom. The predicted molar refractivity (Wildman–Crippen MR) is 108 cm³/mol. The highest BCUT2D eigenvalue weighted by Gasteiger charge is 2.62. The van der Waals surface area contributed by atoms with Gasteiger partial charge in [0.05, 0.1) is 5.52 Å². The van der Waals surface area contributed by atoms with Crippen LogP contribution in [0.3, 0.4) is 0 Å². The standard InChI is InChI=1S/C23H29N3O2/c1-15(27)21-18-11-7-9-16-8-5-3-4-6-10-17-12-23(2)13-19(23)26(17)20(28)14-25(24-21)22(16)18/h7,9,11,17,19H,3-6,8,10,12-14H2,1-2H3. The molecule has 0 spiro atoms. The molecule has 0 N–H and O–H groups in total. The lowest BCUT2D eigenvalue weighted by Crippen LogP contribution is -2.40. The highest BCUT2D eigenvalue weighted by Crippen LogP contribution is 2.59. The van der Waals surface area contributed by atoms with Gasteiger partial charge in [0, 0.05) is 24.4 Å². The van der Waals surface area contributed by atoms with Crippen molar-refractivity contribution in [2.24, 2.45) is 5.41 Å². The summed E-state index contributed by atoms with van der Waals surface area (Å²) >= 11 is 0. The van der Waals surface area contributed by atoms with Crippen LogP contribution in [0, 0.1) is 5.41 Å². The summed E-state index contributed by atoms with van der Waals surface area (Å²) < 4.78 is 1.82. The molecule has 1 aliphatic carbocycles. The molecule has 5 nitrogen and oxygen atoms in total.